The van der Waals surface area contributed by atoms with Gasteiger partial charge in [-0.15, -0.1) is 13.2 Å². The highest BCUT2D eigenvalue weighted by Gasteiger charge is 2.33. The second kappa shape index (κ2) is 3.94. The number of rotatable bonds is 1. The lowest BCUT2D eigenvalue weighted by molar-refractivity contribution is -0.275. The van der Waals surface area contributed by atoms with Gasteiger partial charge in [0.05, 0.1) is 4.47 Å². The standard InChI is InChI=1S/C7H3BrF3N3O/c8-4-2-14-6(13)3(1-12)5(4)15-7(9,10)11/h2H,(H2,13,14). The Morgan fingerprint density at radius 1 is 1.53 bits per heavy atom. The minimum Gasteiger partial charge on any atom is -0.403 e. The van der Waals surface area contributed by atoms with Gasteiger partial charge in [0.15, 0.2) is 5.75 Å². The molecule has 80 valence electrons. The summed E-state index contributed by atoms with van der Waals surface area (Å²) in [4.78, 5) is 3.50. The van der Waals surface area contributed by atoms with Crippen molar-refractivity contribution in [3.8, 4) is 11.8 Å². The number of ether oxygens (including phenoxy) is 1. The van der Waals surface area contributed by atoms with Crippen LogP contribution in [0.5, 0.6) is 5.75 Å². The molecule has 0 aliphatic rings. The maximum Gasteiger partial charge on any atom is 0.573 e. The van der Waals surface area contributed by atoms with Gasteiger partial charge in [0, 0.05) is 6.20 Å². The largest absolute Gasteiger partial charge is 0.573 e. The van der Waals surface area contributed by atoms with Gasteiger partial charge in [-0.25, -0.2) is 4.98 Å². The summed E-state index contributed by atoms with van der Waals surface area (Å²) in [6.07, 6.45) is -3.86. The summed E-state index contributed by atoms with van der Waals surface area (Å²) in [5.74, 6) is -1.00. The van der Waals surface area contributed by atoms with Gasteiger partial charge in [-0.3, -0.25) is 0 Å². The highest BCUT2D eigenvalue weighted by molar-refractivity contribution is 9.10. The fourth-order valence-corrected chi connectivity index (χ4v) is 1.19. The van der Waals surface area contributed by atoms with E-state index in [9.17, 15) is 13.2 Å². The van der Waals surface area contributed by atoms with E-state index in [0.717, 1.165) is 6.20 Å². The molecule has 2 N–H and O–H groups in total. The Balaban J connectivity index is 3.28. The van der Waals surface area contributed by atoms with Gasteiger partial charge in [0.2, 0.25) is 0 Å². The smallest absolute Gasteiger partial charge is 0.403 e. The molecular weight excluding hydrogens is 279 g/mol. The van der Waals surface area contributed by atoms with Crippen molar-refractivity contribution < 1.29 is 17.9 Å². The third kappa shape index (κ3) is 2.73. The first kappa shape index (κ1) is 11.6. The molecule has 15 heavy (non-hydrogen) atoms. The molecule has 1 heterocycles. The number of nitrogens with two attached hydrogens (primary N) is 1. The van der Waals surface area contributed by atoms with Crippen LogP contribution >= 0.6 is 15.9 Å². The van der Waals surface area contributed by atoms with Gasteiger partial charge >= 0.3 is 6.36 Å². The number of nitriles is 1. The Kier molecular flexibility index (Phi) is 3.04. The lowest BCUT2D eigenvalue weighted by Crippen LogP contribution is -2.18. The van der Waals surface area contributed by atoms with E-state index in [1.54, 1.807) is 0 Å². The van der Waals surface area contributed by atoms with Crippen LogP contribution in [-0.4, -0.2) is 11.3 Å². The molecule has 8 heteroatoms. The van der Waals surface area contributed by atoms with E-state index < -0.39 is 17.7 Å². The highest BCUT2D eigenvalue weighted by atomic mass is 79.9. The summed E-state index contributed by atoms with van der Waals surface area (Å²) in [5.41, 5.74) is 4.76. The third-order valence-corrected chi connectivity index (χ3v) is 1.91. The molecule has 0 aliphatic heterocycles. The highest BCUT2D eigenvalue weighted by Crippen LogP contribution is 2.34. The molecule has 0 saturated heterocycles. The monoisotopic (exact) mass is 281 g/mol. The minimum atomic E-state index is -4.89. The number of aromatic nitrogens is 1. The van der Waals surface area contributed by atoms with E-state index >= 15 is 0 Å². The zero-order valence-corrected chi connectivity index (χ0v) is 8.56. The average Bonchev–Trinajstić information content (AvgIpc) is 2.10. The lowest BCUT2D eigenvalue weighted by Gasteiger charge is -2.12. The molecule has 0 radical (unpaired) electrons. The lowest BCUT2D eigenvalue weighted by atomic mass is 10.2. The minimum absolute atomic E-state index is 0.0921. The first-order valence-corrected chi connectivity index (χ1v) is 4.24. The summed E-state index contributed by atoms with van der Waals surface area (Å²) >= 11 is 2.78. The van der Waals surface area contributed by atoms with Gasteiger partial charge < -0.3 is 10.5 Å². The predicted octanol–water partition coefficient (Wildman–Crippen LogP) is 2.20. The SMILES string of the molecule is N#Cc1c(N)ncc(Br)c1OC(F)(F)F. The maximum atomic E-state index is 12.0. The van der Waals surface area contributed by atoms with Crippen molar-refractivity contribution in [2.45, 2.75) is 6.36 Å². The van der Waals surface area contributed by atoms with Crippen LogP contribution in [-0.2, 0) is 0 Å². The Bertz CT molecular complexity index is 427. The van der Waals surface area contributed by atoms with Crippen molar-refractivity contribution in [2.75, 3.05) is 5.73 Å². The molecule has 1 aromatic rings. The van der Waals surface area contributed by atoms with E-state index in [4.69, 9.17) is 11.0 Å². The van der Waals surface area contributed by atoms with Gasteiger partial charge in [0.25, 0.3) is 0 Å². The molecule has 1 rings (SSSR count). The van der Waals surface area contributed by atoms with Crippen molar-refractivity contribution in [1.29, 1.82) is 5.26 Å². The fourth-order valence-electron chi connectivity index (χ4n) is 0.809. The van der Waals surface area contributed by atoms with Crippen molar-refractivity contribution in [1.82, 2.24) is 4.98 Å². The van der Waals surface area contributed by atoms with Crippen LogP contribution in [0.25, 0.3) is 0 Å². The Morgan fingerprint density at radius 2 is 2.13 bits per heavy atom. The van der Waals surface area contributed by atoms with Gasteiger partial charge in [0.1, 0.15) is 17.5 Å². The number of alkyl halides is 3. The molecule has 0 bridgehead atoms. The topological polar surface area (TPSA) is 71.9 Å². The van der Waals surface area contributed by atoms with Crippen LogP contribution in [0, 0.1) is 11.3 Å². The van der Waals surface area contributed by atoms with E-state index in [-0.39, 0.29) is 10.3 Å². The van der Waals surface area contributed by atoms with Crippen LogP contribution in [0.3, 0.4) is 0 Å². The molecule has 0 fully saturated rings. The first-order valence-electron chi connectivity index (χ1n) is 3.45. The average molecular weight is 282 g/mol. The number of pyridine rings is 1. The van der Waals surface area contributed by atoms with E-state index in [1.165, 1.54) is 6.07 Å². The summed E-state index contributed by atoms with van der Waals surface area (Å²) in [7, 11) is 0. The second-order valence-corrected chi connectivity index (χ2v) is 3.21. The predicted molar refractivity (Wildman–Crippen MR) is 47.7 cm³/mol. The normalized spacial score (nSPS) is 10.9. The van der Waals surface area contributed by atoms with Crippen molar-refractivity contribution >= 4 is 21.7 Å². The Morgan fingerprint density at radius 3 is 2.60 bits per heavy atom. The van der Waals surface area contributed by atoms with Gasteiger partial charge in [-0.2, -0.15) is 5.26 Å². The summed E-state index contributed by atoms with van der Waals surface area (Å²) in [5, 5.41) is 8.58. The number of anilines is 1. The van der Waals surface area contributed by atoms with Crippen LogP contribution in [0.1, 0.15) is 5.56 Å². The summed E-state index contributed by atoms with van der Waals surface area (Å²) in [6.45, 7) is 0. The molecule has 0 atom stereocenters. The molecule has 0 aromatic carbocycles. The zero-order chi connectivity index (χ0) is 11.6. The van der Waals surface area contributed by atoms with Crippen molar-refractivity contribution in [3.05, 3.63) is 16.2 Å². The molecule has 1 aromatic heterocycles. The van der Waals surface area contributed by atoms with Crippen LogP contribution in [0.15, 0.2) is 10.7 Å². The number of nitrogen functional groups attached to an aromatic ring is 1. The van der Waals surface area contributed by atoms with Crippen molar-refractivity contribution in [2.24, 2.45) is 0 Å². The van der Waals surface area contributed by atoms with Crippen LogP contribution in [0.2, 0.25) is 0 Å². The van der Waals surface area contributed by atoms with E-state index in [0.29, 0.717) is 0 Å². The molecule has 0 aliphatic carbocycles. The molecular formula is C7H3BrF3N3O. The number of halogens is 4. The summed E-state index contributed by atoms with van der Waals surface area (Å²) < 4.78 is 39.4. The second-order valence-electron chi connectivity index (χ2n) is 2.36. The van der Waals surface area contributed by atoms with Crippen LogP contribution in [0.4, 0.5) is 19.0 Å². The van der Waals surface area contributed by atoms with Crippen LogP contribution < -0.4 is 10.5 Å². The molecule has 0 saturated carbocycles. The van der Waals surface area contributed by atoms with Gasteiger partial charge in [-0.05, 0) is 15.9 Å². The quantitative estimate of drug-likeness (QED) is 0.857. The first-order chi connectivity index (χ1) is 6.85. The molecule has 0 amide bonds. The van der Waals surface area contributed by atoms with Gasteiger partial charge in [-0.1, -0.05) is 0 Å². The number of nitrogens with zero attached hydrogens (tertiary/aromatic N) is 2. The summed E-state index contributed by atoms with van der Waals surface area (Å²) in [6, 6.07) is 1.48. The third-order valence-electron chi connectivity index (χ3n) is 1.35. The van der Waals surface area contributed by atoms with Crippen molar-refractivity contribution in [3.63, 3.8) is 0 Å². The molecule has 0 unspecified atom stereocenters. The molecule has 0 spiro atoms. The number of hydrogen-bond acceptors (Lipinski definition) is 4. The van der Waals surface area contributed by atoms with E-state index in [1.807, 2.05) is 0 Å². The Hall–Kier alpha value is -1.49. The molecule has 4 nitrogen and oxygen atoms in total. The maximum absolute atomic E-state index is 12.0. The Labute approximate surface area is 90.6 Å². The zero-order valence-electron chi connectivity index (χ0n) is 6.97. The fraction of sp³-hybridized carbons (Fsp3) is 0.143. The number of hydrogen-bond donors (Lipinski definition) is 1. The van der Waals surface area contributed by atoms with E-state index in [2.05, 4.69) is 25.7 Å².